The smallest absolute Gasteiger partial charge is 0.147 e. The molecule has 0 saturated heterocycles. The lowest BCUT2D eigenvalue weighted by molar-refractivity contribution is 0.687. The molecule has 0 bridgehead atoms. The molecule has 5 heteroatoms. The van der Waals surface area contributed by atoms with Crippen molar-refractivity contribution < 1.29 is 0 Å². The quantitative estimate of drug-likeness (QED) is 0.807. The Hall–Kier alpha value is -0.670. The first-order chi connectivity index (χ1) is 8.08. The highest BCUT2D eigenvalue weighted by Crippen LogP contribution is 2.29. The first-order valence-electron chi connectivity index (χ1n) is 5.94. The van der Waals surface area contributed by atoms with E-state index in [9.17, 15) is 0 Å². The predicted molar refractivity (Wildman–Crippen MR) is 76.4 cm³/mol. The van der Waals surface area contributed by atoms with Gasteiger partial charge in [-0.3, -0.25) is 0 Å². The maximum atomic E-state index is 6.11. The molecule has 1 aromatic rings. The van der Waals surface area contributed by atoms with Gasteiger partial charge in [0.25, 0.3) is 0 Å². The number of aromatic nitrogens is 1. The molecule has 1 heterocycles. The Bertz CT molecular complexity index is 369. The van der Waals surface area contributed by atoms with Gasteiger partial charge >= 0.3 is 0 Å². The van der Waals surface area contributed by atoms with Gasteiger partial charge in [-0.2, -0.15) is 0 Å². The molecule has 0 aromatic carbocycles. The van der Waals surface area contributed by atoms with E-state index in [4.69, 9.17) is 23.2 Å². The predicted octanol–water partition coefficient (Wildman–Crippen LogP) is 4.42. The van der Waals surface area contributed by atoms with Gasteiger partial charge in [-0.1, -0.05) is 36.5 Å². The van der Waals surface area contributed by atoms with Crippen molar-refractivity contribution in [1.29, 1.82) is 0 Å². The fourth-order valence-electron chi connectivity index (χ4n) is 1.60. The average molecular weight is 276 g/mol. The van der Waals surface area contributed by atoms with Crippen molar-refractivity contribution in [3.8, 4) is 0 Å². The molecule has 1 rings (SSSR count). The molecular weight excluding hydrogens is 257 g/mol. The zero-order valence-electron chi connectivity index (χ0n) is 10.5. The van der Waals surface area contributed by atoms with Crippen LogP contribution in [-0.2, 0) is 0 Å². The molecule has 0 fully saturated rings. The fourth-order valence-corrected chi connectivity index (χ4v) is 2.08. The highest BCUT2D eigenvalue weighted by molar-refractivity contribution is 6.37. The summed E-state index contributed by atoms with van der Waals surface area (Å²) in [4.78, 5) is 4.40. The lowest BCUT2D eigenvalue weighted by Gasteiger charge is -2.16. The summed E-state index contributed by atoms with van der Waals surface area (Å²) in [6, 6.07) is 2.07. The van der Waals surface area contributed by atoms with Crippen LogP contribution in [0.3, 0.4) is 0 Å². The standard InChI is InChI=1S/C12H19Cl2N3/c1-4-6-8(3)16-12-10(14)7-9(13)11(17-12)15-5-2/h7-8H,4-6H2,1-3H3,(H2,15,16,17). The summed E-state index contributed by atoms with van der Waals surface area (Å²) in [5.41, 5.74) is 0. The summed E-state index contributed by atoms with van der Waals surface area (Å²) in [5.74, 6) is 1.36. The van der Waals surface area contributed by atoms with Crippen molar-refractivity contribution in [2.24, 2.45) is 0 Å². The van der Waals surface area contributed by atoms with Gasteiger partial charge in [0.2, 0.25) is 0 Å². The summed E-state index contributed by atoms with van der Waals surface area (Å²) in [6.07, 6.45) is 2.20. The lowest BCUT2D eigenvalue weighted by Crippen LogP contribution is -2.16. The highest BCUT2D eigenvalue weighted by atomic mass is 35.5. The van der Waals surface area contributed by atoms with Crippen molar-refractivity contribution in [2.45, 2.75) is 39.7 Å². The Morgan fingerprint density at radius 2 is 1.88 bits per heavy atom. The van der Waals surface area contributed by atoms with Gasteiger partial charge in [0, 0.05) is 12.6 Å². The summed E-state index contributed by atoms with van der Waals surface area (Å²) in [6.45, 7) is 7.04. The van der Waals surface area contributed by atoms with Crippen molar-refractivity contribution in [1.82, 2.24) is 4.98 Å². The number of rotatable bonds is 6. The molecule has 96 valence electrons. The summed E-state index contributed by atoms with van der Waals surface area (Å²) >= 11 is 12.1. The van der Waals surface area contributed by atoms with Gasteiger partial charge in [-0.25, -0.2) is 4.98 Å². The molecule has 1 atom stereocenters. The number of halogens is 2. The van der Waals surface area contributed by atoms with E-state index < -0.39 is 0 Å². The van der Waals surface area contributed by atoms with Crippen molar-refractivity contribution in [3.63, 3.8) is 0 Å². The number of pyridine rings is 1. The molecule has 0 amide bonds. The molecule has 1 unspecified atom stereocenters. The molecule has 0 radical (unpaired) electrons. The average Bonchev–Trinajstić information content (AvgIpc) is 2.25. The minimum Gasteiger partial charge on any atom is -0.369 e. The SMILES string of the molecule is CCCC(C)Nc1nc(NCC)c(Cl)cc1Cl. The second-order valence-corrected chi connectivity index (χ2v) is 4.83. The van der Waals surface area contributed by atoms with E-state index in [-0.39, 0.29) is 0 Å². The van der Waals surface area contributed by atoms with Crippen LogP contribution in [-0.4, -0.2) is 17.6 Å². The largest absolute Gasteiger partial charge is 0.369 e. The van der Waals surface area contributed by atoms with Gasteiger partial charge in [0.05, 0.1) is 10.0 Å². The molecule has 0 saturated carbocycles. The monoisotopic (exact) mass is 275 g/mol. The molecule has 0 aliphatic rings. The third-order valence-corrected chi connectivity index (χ3v) is 2.95. The van der Waals surface area contributed by atoms with Crippen LogP contribution in [0.1, 0.15) is 33.6 Å². The third kappa shape index (κ3) is 4.25. The number of hydrogen-bond acceptors (Lipinski definition) is 3. The molecule has 2 N–H and O–H groups in total. The van der Waals surface area contributed by atoms with Crippen molar-refractivity contribution in [2.75, 3.05) is 17.2 Å². The normalized spacial score (nSPS) is 12.3. The van der Waals surface area contributed by atoms with E-state index in [1.165, 1.54) is 0 Å². The van der Waals surface area contributed by atoms with Crippen LogP contribution in [0.25, 0.3) is 0 Å². The topological polar surface area (TPSA) is 37.0 Å². The minimum atomic E-state index is 0.348. The zero-order chi connectivity index (χ0) is 12.8. The Morgan fingerprint density at radius 3 is 2.47 bits per heavy atom. The lowest BCUT2D eigenvalue weighted by atomic mass is 10.2. The van der Waals surface area contributed by atoms with Gasteiger partial charge < -0.3 is 10.6 Å². The number of hydrogen-bond donors (Lipinski definition) is 2. The molecule has 0 aliphatic heterocycles. The van der Waals surface area contributed by atoms with Gasteiger partial charge in [-0.15, -0.1) is 0 Å². The molecule has 3 nitrogen and oxygen atoms in total. The summed E-state index contributed by atoms with van der Waals surface area (Å²) in [5, 5.41) is 7.50. The second-order valence-electron chi connectivity index (χ2n) is 4.01. The molecule has 1 aromatic heterocycles. The maximum Gasteiger partial charge on any atom is 0.147 e. The Balaban J connectivity index is 2.87. The van der Waals surface area contributed by atoms with E-state index in [0.29, 0.717) is 27.7 Å². The van der Waals surface area contributed by atoms with Crippen LogP contribution >= 0.6 is 23.2 Å². The number of anilines is 2. The van der Waals surface area contributed by atoms with Crippen LogP contribution in [0.2, 0.25) is 10.0 Å². The summed E-state index contributed by atoms with van der Waals surface area (Å²) < 4.78 is 0. The van der Waals surface area contributed by atoms with E-state index in [1.54, 1.807) is 6.07 Å². The van der Waals surface area contributed by atoms with E-state index in [1.807, 2.05) is 6.92 Å². The first kappa shape index (κ1) is 14.4. The Morgan fingerprint density at radius 1 is 1.24 bits per heavy atom. The van der Waals surface area contributed by atoms with E-state index in [0.717, 1.165) is 19.4 Å². The maximum absolute atomic E-state index is 6.11. The van der Waals surface area contributed by atoms with Crippen LogP contribution in [0, 0.1) is 0 Å². The first-order valence-corrected chi connectivity index (χ1v) is 6.70. The molecule has 0 spiro atoms. The Kier molecular flexibility index (Phi) is 5.86. The van der Waals surface area contributed by atoms with Gasteiger partial charge in [-0.05, 0) is 26.3 Å². The van der Waals surface area contributed by atoms with E-state index >= 15 is 0 Å². The van der Waals surface area contributed by atoms with Crippen LogP contribution in [0.15, 0.2) is 6.07 Å². The van der Waals surface area contributed by atoms with Crippen molar-refractivity contribution >= 4 is 34.8 Å². The van der Waals surface area contributed by atoms with Gasteiger partial charge in [0.1, 0.15) is 11.6 Å². The fraction of sp³-hybridized carbons (Fsp3) is 0.583. The Labute approximate surface area is 113 Å². The molecular formula is C12H19Cl2N3. The van der Waals surface area contributed by atoms with Crippen LogP contribution in [0.4, 0.5) is 11.6 Å². The zero-order valence-corrected chi connectivity index (χ0v) is 12.0. The van der Waals surface area contributed by atoms with Crippen LogP contribution in [0.5, 0.6) is 0 Å². The third-order valence-electron chi connectivity index (χ3n) is 2.38. The van der Waals surface area contributed by atoms with E-state index in [2.05, 4.69) is 29.5 Å². The summed E-state index contributed by atoms with van der Waals surface area (Å²) in [7, 11) is 0. The minimum absolute atomic E-state index is 0.348. The highest BCUT2D eigenvalue weighted by Gasteiger charge is 2.10. The molecule has 17 heavy (non-hydrogen) atoms. The van der Waals surface area contributed by atoms with Crippen LogP contribution < -0.4 is 10.6 Å². The number of nitrogens with one attached hydrogen (secondary N) is 2. The second kappa shape index (κ2) is 6.92. The molecule has 0 aliphatic carbocycles. The number of nitrogens with zero attached hydrogens (tertiary/aromatic N) is 1. The van der Waals surface area contributed by atoms with Gasteiger partial charge in [0.15, 0.2) is 0 Å². The van der Waals surface area contributed by atoms with Crippen molar-refractivity contribution in [3.05, 3.63) is 16.1 Å².